The maximum absolute atomic E-state index is 13.0. The Bertz CT molecular complexity index is 697. The lowest BCUT2D eigenvalue weighted by atomic mass is 9.84. The number of hydrogen-bond donors (Lipinski definition) is 2. The lowest BCUT2D eigenvalue weighted by Crippen LogP contribution is -2.60. The van der Waals surface area contributed by atoms with E-state index in [9.17, 15) is 9.59 Å². The van der Waals surface area contributed by atoms with E-state index in [2.05, 4.69) is 22.6 Å². The standard InChI is InChI=1S/C20H28N4O2/c1-23-12-6-2-3-9-17(23)18(25)24-13-10-20(11-14-24)19(26)21-15-7-4-5-8-16(15)22-20/h4-5,7-8,17,22H,2-3,6,9-14H2,1H3,(H,21,26). The van der Waals surface area contributed by atoms with Gasteiger partial charge in [0.05, 0.1) is 17.4 Å². The molecule has 4 rings (SSSR count). The zero-order valence-electron chi connectivity index (χ0n) is 15.5. The quantitative estimate of drug-likeness (QED) is 0.810. The molecule has 0 aromatic heterocycles. The Hall–Kier alpha value is -2.08. The number of nitrogens with zero attached hydrogens (tertiary/aromatic N) is 2. The normalized spacial score (nSPS) is 25.8. The molecular formula is C20H28N4O2. The number of hydrogen-bond acceptors (Lipinski definition) is 4. The number of likely N-dealkylation sites (N-methyl/N-ethyl adjacent to an activating group) is 1. The molecule has 0 radical (unpaired) electrons. The Balaban J connectivity index is 1.44. The lowest BCUT2D eigenvalue weighted by molar-refractivity contribution is -0.139. The highest BCUT2D eigenvalue weighted by atomic mass is 16.2. The van der Waals surface area contributed by atoms with Crippen molar-refractivity contribution in [3.63, 3.8) is 0 Å². The summed E-state index contributed by atoms with van der Waals surface area (Å²) in [5.74, 6) is 0.260. The van der Waals surface area contributed by atoms with Gasteiger partial charge in [-0.25, -0.2) is 0 Å². The SMILES string of the molecule is CN1CCCCCC1C(=O)N1CCC2(CC1)Nc1ccccc1NC2=O. The molecule has 2 fully saturated rings. The number of piperidine rings is 1. The van der Waals surface area contributed by atoms with Crippen LogP contribution in [0.2, 0.25) is 0 Å². The zero-order chi connectivity index (χ0) is 18.1. The van der Waals surface area contributed by atoms with Crippen molar-refractivity contribution in [1.29, 1.82) is 0 Å². The van der Waals surface area contributed by atoms with Crippen LogP contribution in [0.25, 0.3) is 0 Å². The maximum Gasteiger partial charge on any atom is 0.250 e. The van der Waals surface area contributed by atoms with Crippen LogP contribution in [0, 0.1) is 0 Å². The summed E-state index contributed by atoms with van der Waals surface area (Å²) < 4.78 is 0. The summed E-state index contributed by atoms with van der Waals surface area (Å²) in [6.07, 6.45) is 5.75. The summed E-state index contributed by atoms with van der Waals surface area (Å²) in [6, 6.07) is 7.80. The summed E-state index contributed by atoms with van der Waals surface area (Å²) in [5.41, 5.74) is 1.21. The third-order valence-electron chi connectivity index (χ3n) is 6.22. The van der Waals surface area contributed by atoms with Gasteiger partial charge >= 0.3 is 0 Å². The number of anilines is 2. The van der Waals surface area contributed by atoms with Crippen molar-refractivity contribution >= 4 is 23.2 Å². The fourth-order valence-electron chi connectivity index (χ4n) is 4.49. The van der Waals surface area contributed by atoms with E-state index in [0.29, 0.717) is 25.9 Å². The summed E-state index contributed by atoms with van der Waals surface area (Å²) >= 11 is 0. The molecule has 6 heteroatoms. The molecule has 2 amide bonds. The summed E-state index contributed by atoms with van der Waals surface area (Å²) in [5, 5.41) is 6.49. The topological polar surface area (TPSA) is 64.7 Å². The van der Waals surface area contributed by atoms with Gasteiger partial charge in [-0.15, -0.1) is 0 Å². The van der Waals surface area contributed by atoms with Gasteiger partial charge in [-0.2, -0.15) is 0 Å². The van der Waals surface area contributed by atoms with Crippen LogP contribution < -0.4 is 10.6 Å². The van der Waals surface area contributed by atoms with Crippen molar-refractivity contribution in [1.82, 2.24) is 9.80 Å². The van der Waals surface area contributed by atoms with Crippen LogP contribution in [0.4, 0.5) is 11.4 Å². The van der Waals surface area contributed by atoms with Gasteiger partial charge in [-0.1, -0.05) is 25.0 Å². The Morgan fingerprint density at radius 3 is 2.58 bits per heavy atom. The molecule has 2 saturated heterocycles. The second-order valence-electron chi connectivity index (χ2n) is 7.88. The van der Waals surface area contributed by atoms with Gasteiger partial charge in [0.25, 0.3) is 0 Å². The van der Waals surface area contributed by atoms with Crippen molar-refractivity contribution in [2.45, 2.75) is 50.1 Å². The minimum absolute atomic E-state index is 0.000387. The van der Waals surface area contributed by atoms with Gasteiger partial charge in [-0.05, 0) is 51.4 Å². The van der Waals surface area contributed by atoms with Gasteiger partial charge in [0.1, 0.15) is 5.54 Å². The molecule has 3 heterocycles. The van der Waals surface area contributed by atoms with E-state index in [1.165, 1.54) is 12.8 Å². The molecule has 1 aromatic rings. The third-order valence-corrected chi connectivity index (χ3v) is 6.22. The number of likely N-dealkylation sites (tertiary alicyclic amines) is 2. The van der Waals surface area contributed by atoms with Gasteiger partial charge in [0, 0.05) is 13.1 Å². The average molecular weight is 356 g/mol. The zero-order valence-corrected chi connectivity index (χ0v) is 15.5. The molecular weight excluding hydrogens is 328 g/mol. The molecule has 140 valence electrons. The second-order valence-corrected chi connectivity index (χ2v) is 7.88. The van der Waals surface area contributed by atoms with Crippen LogP contribution in [-0.4, -0.2) is 59.9 Å². The molecule has 1 atom stereocenters. The molecule has 1 spiro atoms. The first-order valence-electron chi connectivity index (χ1n) is 9.77. The number of benzene rings is 1. The second kappa shape index (κ2) is 6.91. The first-order valence-corrected chi connectivity index (χ1v) is 9.77. The molecule has 0 saturated carbocycles. The highest BCUT2D eigenvalue weighted by Crippen LogP contribution is 2.36. The van der Waals surface area contributed by atoms with Crippen LogP contribution in [0.15, 0.2) is 24.3 Å². The fraction of sp³-hybridized carbons (Fsp3) is 0.600. The number of rotatable bonds is 1. The molecule has 1 aromatic carbocycles. The molecule has 3 aliphatic heterocycles. The van der Waals surface area contributed by atoms with Crippen molar-refractivity contribution in [3.05, 3.63) is 24.3 Å². The first kappa shape index (κ1) is 17.3. The number of carbonyl (C=O) groups is 2. The average Bonchev–Trinajstić information content (AvgIpc) is 2.87. The van der Waals surface area contributed by atoms with E-state index in [0.717, 1.165) is 30.8 Å². The van der Waals surface area contributed by atoms with E-state index >= 15 is 0 Å². The van der Waals surface area contributed by atoms with Crippen molar-refractivity contribution in [2.24, 2.45) is 0 Å². The molecule has 0 bridgehead atoms. The summed E-state index contributed by atoms with van der Waals surface area (Å²) in [4.78, 5) is 29.9. The van der Waals surface area contributed by atoms with Crippen molar-refractivity contribution < 1.29 is 9.59 Å². The number of carbonyl (C=O) groups excluding carboxylic acids is 2. The molecule has 3 aliphatic rings. The molecule has 6 nitrogen and oxygen atoms in total. The largest absolute Gasteiger partial charge is 0.369 e. The van der Waals surface area contributed by atoms with E-state index < -0.39 is 5.54 Å². The highest BCUT2D eigenvalue weighted by Gasteiger charge is 2.45. The number of amides is 2. The Morgan fingerprint density at radius 2 is 1.81 bits per heavy atom. The van der Waals surface area contributed by atoms with Gasteiger partial charge in [0.15, 0.2) is 0 Å². The lowest BCUT2D eigenvalue weighted by Gasteiger charge is -2.45. The number of fused-ring (bicyclic) bond motifs is 1. The van der Waals surface area contributed by atoms with Crippen LogP contribution in [-0.2, 0) is 9.59 Å². The fourth-order valence-corrected chi connectivity index (χ4v) is 4.49. The molecule has 26 heavy (non-hydrogen) atoms. The highest BCUT2D eigenvalue weighted by molar-refractivity contribution is 6.06. The Morgan fingerprint density at radius 1 is 1.08 bits per heavy atom. The van der Waals surface area contributed by atoms with Crippen molar-refractivity contribution in [2.75, 3.05) is 37.3 Å². The van der Waals surface area contributed by atoms with E-state index in [-0.39, 0.29) is 17.9 Å². The summed E-state index contributed by atoms with van der Waals surface area (Å²) in [6.45, 7) is 2.26. The van der Waals surface area contributed by atoms with Crippen LogP contribution in [0.1, 0.15) is 38.5 Å². The summed E-state index contributed by atoms with van der Waals surface area (Å²) in [7, 11) is 2.06. The monoisotopic (exact) mass is 356 g/mol. The van der Waals surface area contributed by atoms with Crippen LogP contribution in [0.3, 0.4) is 0 Å². The van der Waals surface area contributed by atoms with E-state index in [4.69, 9.17) is 0 Å². The first-order chi connectivity index (χ1) is 12.6. The van der Waals surface area contributed by atoms with Crippen LogP contribution in [0.5, 0.6) is 0 Å². The smallest absolute Gasteiger partial charge is 0.250 e. The van der Waals surface area contributed by atoms with Crippen LogP contribution >= 0.6 is 0 Å². The Kier molecular flexibility index (Phi) is 4.61. The Labute approximate surface area is 154 Å². The maximum atomic E-state index is 13.0. The minimum Gasteiger partial charge on any atom is -0.369 e. The van der Waals surface area contributed by atoms with Gasteiger partial charge < -0.3 is 15.5 Å². The van der Waals surface area contributed by atoms with Crippen molar-refractivity contribution in [3.8, 4) is 0 Å². The minimum atomic E-state index is -0.597. The third kappa shape index (κ3) is 3.07. The number of nitrogens with one attached hydrogen (secondary N) is 2. The van der Waals surface area contributed by atoms with E-state index in [1.807, 2.05) is 29.2 Å². The molecule has 2 N–H and O–H groups in total. The van der Waals surface area contributed by atoms with Gasteiger partial charge in [-0.3, -0.25) is 14.5 Å². The van der Waals surface area contributed by atoms with E-state index in [1.54, 1.807) is 0 Å². The predicted molar refractivity (Wildman–Crippen MR) is 102 cm³/mol. The number of para-hydroxylation sites is 2. The molecule has 1 unspecified atom stereocenters. The van der Waals surface area contributed by atoms with Gasteiger partial charge in [0.2, 0.25) is 11.8 Å². The molecule has 0 aliphatic carbocycles. The predicted octanol–water partition coefficient (Wildman–Crippen LogP) is 2.29.